The number of nitrogens with zero attached hydrogens (tertiary/aromatic N) is 1. The van der Waals surface area contributed by atoms with Crippen LogP contribution in [0.1, 0.15) is 18.4 Å². The van der Waals surface area contributed by atoms with Crippen molar-refractivity contribution in [3.63, 3.8) is 0 Å². The van der Waals surface area contributed by atoms with E-state index >= 15 is 0 Å². The van der Waals surface area contributed by atoms with Crippen LogP contribution in [0.5, 0.6) is 0 Å². The number of hydrogen-bond donors (Lipinski definition) is 2. The molecule has 5 nitrogen and oxygen atoms in total. The fourth-order valence-corrected chi connectivity index (χ4v) is 3.33. The zero-order chi connectivity index (χ0) is 15.9. The molecule has 0 aliphatic carbocycles. The van der Waals surface area contributed by atoms with E-state index in [4.69, 9.17) is 4.74 Å². The van der Waals surface area contributed by atoms with Gasteiger partial charge in [-0.25, -0.2) is 0 Å². The minimum atomic E-state index is 0.0955. The SMILES string of the molecule is O=C(NCC1CN(Cc2ccccc2)CCO1)C1CCNCC1. The van der Waals surface area contributed by atoms with Crippen LogP contribution in [0.2, 0.25) is 0 Å². The summed E-state index contributed by atoms with van der Waals surface area (Å²) in [7, 11) is 0. The minimum absolute atomic E-state index is 0.0955. The first-order valence-electron chi connectivity index (χ1n) is 8.67. The predicted molar refractivity (Wildman–Crippen MR) is 90.1 cm³/mol. The third kappa shape index (κ3) is 5.03. The van der Waals surface area contributed by atoms with E-state index in [1.165, 1.54) is 5.56 Å². The van der Waals surface area contributed by atoms with Crippen molar-refractivity contribution < 1.29 is 9.53 Å². The number of nitrogens with one attached hydrogen (secondary N) is 2. The highest BCUT2D eigenvalue weighted by Gasteiger charge is 2.24. The third-order valence-corrected chi connectivity index (χ3v) is 4.69. The van der Waals surface area contributed by atoms with E-state index in [0.29, 0.717) is 6.54 Å². The number of morpholine rings is 1. The lowest BCUT2D eigenvalue weighted by Crippen LogP contribution is -2.48. The first-order chi connectivity index (χ1) is 11.3. The number of piperidine rings is 1. The standard InChI is InChI=1S/C18H27N3O2/c22-18(16-6-8-19-9-7-16)20-12-17-14-21(10-11-23-17)13-15-4-2-1-3-5-15/h1-5,16-17,19H,6-14H2,(H,20,22). The van der Waals surface area contributed by atoms with E-state index in [0.717, 1.165) is 52.2 Å². The number of amides is 1. The van der Waals surface area contributed by atoms with E-state index in [1.54, 1.807) is 0 Å². The second-order valence-electron chi connectivity index (χ2n) is 6.48. The maximum Gasteiger partial charge on any atom is 0.223 e. The van der Waals surface area contributed by atoms with Crippen molar-refractivity contribution in [2.45, 2.75) is 25.5 Å². The number of benzene rings is 1. The Kier molecular flexibility index (Phi) is 6.02. The Morgan fingerprint density at radius 2 is 2.04 bits per heavy atom. The van der Waals surface area contributed by atoms with Gasteiger partial charge in [0.1, 0.15) is 0 Å². The second-order valence-corrected chi connectivity index (χ2v) is 6.48. The smallest absolute Gasteiger partial charge is 0.223 e. The molecular formula is C18H27N3O2. The zero-order valence-electron chi connectivity index (χ0n) is 13.7. The predicted octanol–water partition coefficient (Wildman–Crippen LogP) is 1.00. The average molecular weight is 317 g/mol. The van der Waals surface area contributed by atoms with Gasteiger partial charge in [-0.1, -0.05) is 30.3 Å². The highest BCUT2D eigenvalue weighted by molar-refractivity contribution is 5.78. The summed E-state index contributed by atoms with van der Waals surface area (Å²) in [6, 6.07) is 10.5. The van der Waals surface area contributed by atoms with Gasteiger partial charge in [-0.2, -0.15) is 0 Å². The van der Waals surface area contributed by atoms with Crippen LogP contribution < -0.4 is 10.6 Å². The van der Waals surface area contributed by atoms with E-state index in [2.05, 4.69) is 39.8 Å². The van der Waals surface area contributed by atoms with E-state index < -0.39 is 0 Å². The number of carbonyl (C=O) groups is 1. The van der Waals surface area contributed by atoms with Crippen LogP contribution in [0.3, 0.4) is 0 Å². The van der Waals surface area contributed by atoms with Gasteiger partial charge in [-0.3, -0.25) is 9.69 Å². The molecular weight excluding hydrogens is 290 g/mol. The summed E-state index contributed by atoms with van der Waals surface area (Å²) in [5.74, 6) is 0.357. The maximum atomic E-state index is 12.2. The van der Waals surface area contributed by atoms with E-state index in [1.807, 2.05) is 6.07 Å². The van der Waals surface area contributed by atoms with Crippen LogP contribution >= 0.6 is 0 Å². The normalized spacial score (nSPS) is 23.6. The van der Waals surface area contributed by atoms with Crippen LogP contribution in [0, 0.1) is 5.92 Å². The van der Waals surface area contributed by atoms with Crippen molar-refractivity contribution in [1.82, 2.24) is 15.5 Å². The van der Waals surface area contributed by atoms with Gasteiger partial charge in [0.2, 0.25) is 5.91 Å². The fraction of sp³-hybridized carbons (Fsp3) is 0.611. The van der Waals surface area contributed by atoms with Crippen LogP contribution in [0.25, 0.3) is 0 Å². The molecule has 2 aliphatic rings. The molecule has 2 fully saturated rings. The van der Waals surface area contributed by atoms with Gasteiger partial charge in [-0.05, 0) is 31.5 Å². The lowest BCUT2D eigenvalue weighted by atomic mass is 9.97. The summed E-state index contributed by atoms with van der Waals surface area (Å²) in [6.07, 6.45) is 1.98. The largest absolute Gasteiger partial charge is 0.374 e. The van der Waals surface area contributed by atoms with Gasteiger partial charge >= 0.3 is 0 Å². The highest BCUT2D eigenvalue weighted by atomic mass is 16.5. The number of hydrogen-bond acceptors (Lipinski definition) is 4. The summed E-state index contributed by atoms with van der Waals surface area (Å²) in [5, 5.41) is 6.38. The van der Waals surface area contributed by atoms with Crippen LogP contribution in [0.4, 0.5) is 0 Å². The van der Waals surface area contributed by atoms with Gasteiger partial charge in [0.15, 0.2) is 0 Å². The molecule has 1 aromatic rings. The molecule has 5 heteroatoms. The molecule has 0 aromatic heterocycles. The van der Waals surface area contributed by atoms with Gasteiger partial charge in [0.05, 0.1) is 12.7 Å². The Morgan fingerprint density at radius 1 is 1.26 bits per heavy atom. The summed E-state index contributed by atoms with van der Waals surface area (Å²) >= 11 is 0. The fourth-order valence-electron chi connectivity index (χ4n) is 3.33. The number of carbonyl (C=O) groups excluding carboxylic acids is 1. The molecule has 3 rings (SSSR count). The Hall–Kier alpha value is -1.43. The Bertz CT molecular complexity index is 488. The zero-order valence-corrected chi connectivity index (χ0v) is 13.7. The molecule has 1 aromatic carbocycles. The third-order valence-electron chi connectivity index (χ3n) is 4.69. The molecule has 2 N–H and O–H groups in total. The van der Waals surface area contributed by atoms with Crippen molar-refractivity contribution in [1.29, 1.82) is 0 Å². The topological polar surface area (TPSA) is 53.6 Å². The Morgan fingerprint density at radius 3 is 2.83 bits per heavy atom. The monoisotopic (exact) mass is 317 g/mol. The molecule has 2 saturated heterocycles. The lowest BCUT2D eigenvalue weighted by Gasteiger charge is -2.33. The maximum absolute atomic E-state index is 12.2. The summed E-state index contributed by atoms with van der Waals surface area (Å²) in [6.45, 7) is 6.03. The molecule has 0 saturated carbocycles. The van der Waals surface area contributed by atoms with Gasteiger partial charge in [-0.15, -0.1) is 0 Å². The summed E-state index contributed by atoms with van der Waals surface area (Å²) < 4.78 is 5.81. The molecule has 0 radical (unpaired) electrons. The quantitative estimate of drug-likeness (QED) is 0.851. The molecule has 1 atom stereocenters. The van der Waals surface area contributed by atoms with Gasteiger partial charge in [0, 0.05) is 32.1 Å². The molecule has 1 amide bonds. The molecule has 2 aliphatic heterocycles. The Labute approximate surface area is 138 Å². The molecule has 1 unspecified atom stereocenters. The van der Waals surface area contributed by atoms with Crippen molar-refractivity contribution in [2.75, 3.05) is 39.3 Å². The van der Waals surface area contributed by atoms with E-state index in [9.17, 15) is 4.79 Å². The Balaban J connectivity index is 1.42. The van der Waals surface area contributed by atoms with Crippen molar-refractivity contribution >= 4 is 5.91 Å². The minimum Gasteiger partial charge on any atom is -0.374 e. The molecule has 0 bridgehead atoms. The van der Waals surface area contributed by atoms with Crippen LogP contribution in [-0.2, 0) is 16.1 Å². The second kappa shape index (κ2) is 8.43. The summed E-state index contributed by atoms with van der Waals surface area (Å²) in [4.78, 5) is 14.6. The van der Waals surface area contributed by atoms with E-state index in [-0.39, 0.29) is 17.9 Å². The molecule has 0 spiro atoms. The number of ether oxygens (including phenoxy) is 1. The average Bonchev–Trinajstić information content (AvgIpc) is 2.62. The highest BCUT2D eigenvalue weighted by Crippen LogP contribution is 2.13. The van der Waals surface area contributed by atoms with Crippen molar-refractivity contribution in [3.05, 3.63) is 35.9 Å². The van der Waals surface area contributed by atoms with Gasteiger partial charge in [0.25, 0.3) is 0 Å². The first-order valence-corrected chi connectivity index (χ1v) is 8.67. The molecule has 2 heterocycles. The van der Waals surface area contributed by atoms with Crippen molar-refractivity contribution in [2.24, 2.45) is 5.92 Å². The summed E-state index contributed by atoms with van der Waals surface area (Å²) in [5.41, 5.74) is 1.33. The molecule has 126 valence electrons. The first kappa shape index (κ1) is 16.4. The van der Waals surface area contributed by atoms with Crippen LogP contribution in [-0.4, -0.2) is 56.2 Å². The lowest BCUT2D eigenvalue weighted by molar-refractivity contribution is -0.127. The molecule has 23 heavy (non-hydrogen) atoms. The van der Waals surface area contributed by atoms with Gasteiger partial charge < -0.3 is 15.4 Å². The number of rotatable bonds is 5. The van der Waals surface area contributed by atoms with Crippen molar-refractivity contribution in [3.8, 4) is 0 Å². The van der Waals surface area contributed by atoms with Crippen LogP contribution in [0.15, 0.2) is 30.3 Å².